The molecule has 0 aliphatic carbocycles. The molecule has 2 aromatic rings. The minimum Gasteiger partial charge on any atom is -0.363 e. The third-order valence-corrected chi connectivity index (χ3v) is 4.87. The van der Waals surface area contributed by atoms with E-state index in [-0.39, 0.29) is 12.0 Å². The molecule has 0 unspecified atom stereocenters. The van der Waals surface area contributed by atoms with Gasteiger partial charge in [0.15, 0.2) is 0 Å². The molecule has 2 aromatic heterocycles. The van der Waals surface area contributed by atoms with Gasteiger partial charge in [0.05, 0.1) is 18.8 Å². The molecule has 4 heterocycles. The number of likely N-dealkylation sites (tertiary alicyclic amines) is 1. The van der Waals surface area contributed by atoms with Crippen LogP contribution < -0.4 is 5.32 Å². The highest BCUT2D eigenvalue weighted by Gasteiger charge is 2.45. The molecule has 0 aromatic carbocycles. The minimum absolute atomic E-state index is 0.0804. The molecule has 3 atom stereocenters. The first-order valence-corrected chi connectivity index (χ1v) is 8.59. The van der Waals surface area contributed by atoms with Crippen LogP contribution in [-0.2, 0) is 29.7 Å². The van der Waals surface area contributed by atoms with Crippen LogP contribution in [0, 0.1) is 0 Å². The highest BCUT2D eigenvalue weighted by Crippen LogP contribution is 2.33. The van der Waals surface area contributed by atoms with E-state index in [2.05, 4.69) is 25.3 Å². The standard InChI is InChI=1S/C17H22N6O2/c1-22-10-12(8-21-22)11-23-6-3-14-13(23)7-15(25-14)17(24)20-9-16-18-4-2-5-19-16/h2,4-5,8,10,13-15H,3,6-7,9,11H2,1H3,(H,20,24)/t13-,14-,15+/m0/s1. The lowest BCUT2D eigenvalue weighted by Crippen LogP contribution is -2.36. The maximum absolute atomic E-state index is 12.4. The molecular formula is C17H22N6O2. The molecule has 4 rings (SSSR count). The van der Waals surface area contributed by atoms with Gasteiger partial charge in [-0.25, -0.2) is 9.97 Å². The normalized spacial score (nSPS) is 25.9. The van der Waals surface area contributed by atoms with Gasteiger partial charge in [0.25, 0.3) is 0 Å². The van der Waals surface area contributed by atoms with E-state index in [4.69, 9.17) is 4.74 Å². The van der Waals surface area contributed by atoms with Crippen molar-refractivity contribution < 1.29 is 9.53 Å². The fraction of sp³-hybridized carbons (Fsp3) is 0.529. The van der Waals surface area contributed by atoms with E-state index in [1.807, 2.05) is 24.1 Å². The molecule has 2 fully saturated rings. The van der Waals surface area contributed by atoms with Crippen molar-refractivity contribution in [2.24, 2.45) is 7.05 Å². The van der Waals surface area contributed by atoms with E-state index in [1.165, 1.54) is 5.56 Å². The number of nitrogens with one attached hydrogen (secondary N) is 1. The Kier molecular flexibility index (Phi) is 4.46. The second-order valence-electron chi connectivity index (χ2n) is 6.63. The Bertz CT molecular complexity index is 734. The van der Waals surface area contributed by atoms with E-state index < -0.39 is 6.10 Å². The fourth-order valence-electron chi connectivity index (χ4n) is 3.69. The van der Waals surface area contributed by atoms with E-state index in [0.717, 1.165) is 25.9 Å². The van der Waals surface area contributed by atoms with Gasteiger partial charge in [-0.05, 0) is 12.5 Å². The van der Waals surface area contributed by atoms with Crippen LogP contribution in [0.1, 0.15) is 24.2 Å². The van der Waals surface area contributed by atoms with E-state index >= 15 is 0 Å². The molecule has 2 aliphatic heterocycles. The zero-order valence-corrected chi connectivity index (χ0v) is 14.2. The average molecular weight is 342 g/mol. The summed E-state index contributed by atoms with van der Waals surface area (Å²) in [6, 6.07) is 2.05. The number of ether oxygens (including phenoxy) is 1. The van der Waals surface area contributed by atoms with Crippen molar-refractivity contribution in [2.45, 2.75) is 44.2 Å². The average Bonchev–Trinajstić information content (AvgIpc) is 3.31. The van der Waals surface area contributed by atoms with Crippen molar-refractivity contribution >= 4 is 5.91 Å². The fourth-order valence-corrected chi connectivity index (χ4v) is 3.69. The largest absolute Gasteiger partial charge is 0.363 e. The van der Waals surface area contributed by atoms with Gasteiger partial charge in [-0.3, -0.25) is 14.4 Å². The Hall–Kier alpha value is -2.32. The summed E-state index contributed by atoms with van der Waals surface area (Å²) >= 11 is 0. The molecule has 0 bridgehead atoms. The predicted octanol–water partition coefficient (Wildman–Crippen LogP) is 0.258. The molecular weight excluding hydrogens is 320 g/mol. The quantitative estimate of drug-likeness (QED) is 0.839. The van der Waals surface area contributed by atoms with Crippen LogP contribution in [0.3, 0.4) is 0 Å². The lowest BCUT2D eigenvalue weighted by molar-refractivity contribution is -0.132. The van der Waals surface area contributed by atoms with Gasteiger partial charge in [0, 0.05) is 56.8 Å². The summed E-state index contributed by atoms with van der Waals surface area (Å²) in [7, 11) is 1.92. The van der Waals surface area contributed by atoms with E-state index in [0.29, 0.717) is 18.4 Å². The van der Waals surface area contributed by atoms with Gasteiger partial charge in [-0.15, -0.1) is 0 Å². The molecule has 0 spiro atoms. The van der Waals surface area contributed by atoms with E-state index in [1.54, 1.807) is 18.5 Å². The van der Waals surface area contributed by atoms with E-state index in [9.17, 15) is 4.79 Å². The number of hydrogen-bond donors (Lipinski definition) is 1. The molecule has 2 aliphatic rings. The van der Waals surface area contributed by atoms with Crippen LogP contribution in [-0.4, -0.2) is 55.4 Å². The van der Waals surface area contributed by atoms with Crippen LogP contribution in [0.4, 0.5) is 0 Å². The number of amides is 1. The number of rotatable bonds is 5. The number of hydrogen-bond acceptors (Lipinski definition) is 6. The predicted molar refractivity (Wildman–Crippen MR) is 89.2 cm³/mol. The SMILES string of the molecule is Cn1cc(CN2CC[C@@H]3O[C@@H](C(=O)NCc4ncccn4)C[C@@H]32)cn1. The highest BCUT2D eigenvalue weighted by atomic mass is 16.5. The second kappa shape index (κ2) is 6.89. The van der Waals surface area contributed by atoms with Gasteiger partial charge in [-0.1, -0.05) is 0 Å². The Morgan fingerprint density at radius 2 is 2.24 bits per heavy atom. The summed E-state index contributed by atoms with van der Waals surface area (Å²) in [6.07, 6.45) is 8.71. The first-order chi connectivity index (χ1) is 12.2. The Morgan fingerprint density at radius 1 is 1.40 bits per heavy atom. The smallest absolute Gasteiger partial charge is 0.249 e. The molecule has 25 heavy (non-hydrogen) atoms. The Labute approximate surface area is 146 Å². The third kappa shape index (κ3) is 3.54. The molecule has 132 valence electrons. The molecule has 1 amide bonds. The van der Waals surface area contributed by atoms with Crippen molar-refractivity contribution in [3.05, 3.63) is 42.2 Å². The van der Waals surface area contributed by atoms with Gasteiger partial charge >= 0.3 is 0 Å². The van der Waals surface area contributed by atoms with Crippen LogP contribution >= 0.6 is 0 Å². The minimum atomic E-state index is -0.393. The Morgan fingerprint density at radius 3 is 3.00 bits per heavy atom. The first kappa shape index (κ1) is 16.2. The summed E-state index contributed by atoms with van der Waals surface area (Å²) in [6.45, 7) is 2.18. The number of carbonyl (C=O) groups excluding carboxylic acids is 1. The molecule has 8 nitrogen and oxygen atoms in total. The topological polar surface area (TPSA) is 85.2 Å². The van der Waals surface area contributed by atoms with Crippen molar-refractivity contribution in [1.82, 2.24) is 30.0 Å². The highest BCUT2D eigenvalue weighted by molar-refractivity contribution is 5.81. The summed E-state index contributed by atoms with van der Waals surface area (Å²) in [4.78, 5) is 23.0. The number of aryl methyl sites for hydroxylation is 1. The van der Waals surface area contributed by atoms with Crippen molar-refractivity contribution in [3.63, 3.8) is 0 Å². The number of nitrogens with zero attached hydrogens (tertiary/aromatic N) is 5. The van der Waals surface area contributed by atoms with Crippen LogP contribution in [0.5, 0.6) is 0 Å². The lowest BCUT2D eigenvalue weighted by Gasteiger charge is -2.21. The van der Waals surface area contributed by atoms with Gasteiger partial charge < -0.3 is 10.1 Å². The number of aromatic nitrogens is 4. The number of carbonyl (C=O) groups is 1. The van der Waals surface area contributed by atoms with Gasteiger partial charge in [0.2, 0.25) is 5.91 Å². The Balaban J connectivity index is 1.32. The van der Waals surface area contributed by atoms with Gasteiger partial charge in [-0.2, -0.15) is 5.10 Å². The summed E-state index contributed by atoms with van der Waals surface area (Å²) in [5, 5.41) is 7.10. The zero-order chi connectivity index (χ0) is 17.2. The maximum atomic E-state index is 12.4. The second-order valence-corrected chi connectivity index (χ2v) is 6.63. The zero-order valence-electron chi connectivity index (χ0n) is 14.2. The molecule has 8 heteroatoms. The lowest BCUT2D eigenvalue weighted by atomic mass is 10.1. The van der Waals surface area contributed by atoms with Crippen molar-refractivity contribution in [2.75, 3.05) is 6.54 Å². The van der Waals surface area contributed by atoms with Crippen molar-refractivity contribution in [3.8, 4) is 0 Å². The number of fused-ring (bicyclic) bond motifs is 1. The van der Waals surface area contributed by atoms with Crippen LogP contribution in [0.2, 0.25) is 0 Å². The summed E-state index contributed by atoms with van der Waals surface area (Å²) < 4.78 is 7.81. The first-order valence-electron chi connectivity index (χ1n) is 8.59. The van der Waals surface area contributed by atoms with Crippen molar-refractivity contribution in [1.29, 1.82) is 0 Å². The third-order valence-electron chi connectivity index (χ3n) is 4.87. The monoisotopic (exact) mass is 342 g/mol. The van der Waals surface area contributed by atoms with Crippen LogP contribution in [0.25, 0.3) is 0 Å². The van der Waals surface area contributed by atoms with Crippen LogP contribution in [0.15, 0.2) is 30.9 Å². The summed E-state index contributed by atoms with van der Waals surface area (Å²) in [5.74, 6) is 0.524. The van der Waals surface area contributed by atoms with Gasteiger partial charge in [0.1, 0.15) is 11.9 Å². The summed E-state index contributed by atoms with van der Waals surface area (Å²) in [5.41, 5.74) is 1.19. The molecule has 0 radical (unpaired) electrons. The molecule has 1 N–H and O–H groups in total. The molecule has 0 saturated carbocycles. The molecule has 2 saturated heterocycles. The maximum Gasteiger partial charge on any atom is 0.249 e.